The van der Waals surface area contributed by atoms with Gasteiger partial charge in [-0.05, 0) is 36.4 Å². The van der Waals surface area contributed by atoms with Gasteiger partial charge in [0.15, 0.2) is 0 Å². The molecular formula is C18H18N2O5S. The van der Waals surface area contributed by atoms with E-state index in [1.54, 1.807) is 18.2 Å². The van der Waals surface area contributed by atoms with Gasteiger partial charge in [-0.1, -0.05) is 5.92 Å². The Morgan fingerprint density at radius 2 is 1.81 bits per heavy atom. The second-order valence-electron chi connectivity index (χ2n) is 5.07. The summed E-state index contributed by atoms with van der Waals surface area (Å²) in [6, 6.07) is 10.5. The van der Waals surface area contributed by atoms with Crippen molar-refractivity contribution < 1.29 is 22.7 Å². The largest absolute Gasteiger partial charge is 0.497 e. The zero-order chi connectivity index (χ0) is 19.2. The highest BCUT2D eigenvalue weighted by atomic mass is 32.2. The highest BCUT2D eigenvalue weighted by molar-refractivity contribution is 7.89. The number of hydrogen-bond acceptors (Lipinski definition) is 5. The average Bonchev–Trinajstić information content (AvgIpc) is 2.66. The van der Waals surface area contributed by atoms with E-state index in [0.29, 0.717) is 17.2 Å². The van der Waals surface area contributed by atoms with Crippen LogP contribution >= 0.6 is 0 Å². The van der Waals surface area contributed by atoms with Crippen LogP contribution in [0.2, 0.25) is 0 Å². The molecule has 0 aromatic heterocycles. The van der Waals surface area contributed by atoms with Gasteiger partial charge < -0.3 is 14.8 Å². The summed E-state index contributed by atoms with van der Waals surface area (Å²) in [5.74, 6) is 2.80. The molecule has 2 N–H and O–H groups in total. The summed E-state index contributed by atoms with van der Waals surface area (Å²) in [7, 11) is -0.703. The van der Waals surface area contributed by atoms with E-state index in [1.807, 2.05) is 0 Å². The fourth-order valence-electron chi connectivity index (χ4n) is 2.11. The van der Waals surface area contributed by atoms with Gasteiger partial charge in [-0.25, -0.2) is 8.42 Å². The van der Waals surface area contributed by atoms with Crippen molar-refractivity contribution in [1.29, 1.82) is 0 Å². The van der Waals surface area contributed by atoms with Crippen LogP contribution in [0, 0.1) is 12.3 Å². The molecule has 2 aromatic rings. The Morgan fingerprint density at radius 1 is 1.12 bits per heavy atom. The number of carbonyl (C=O) groups is 1. The van der Waals surface area contributed by atoms with E-state index in [2.05, 4.69) is 16.0 Å². The van der Waals surface area contributed by atoms with E-state index in [1.165, 1.54) is 38.5 Å². The molecule has 0 radical (unpaired) electrons. The summed E-state index contributed by atoms with van der Waals surface area (Å²) in [5.41, 5.74) is 0.718. The second-order valence-corrected chi connectivity index (χ2v) is 6.84. The zero-order valence-electron chi connectivity index (χ0n) is 14.3. The molecule has 0 bridgehead atoms. The van der Waals surface area contributed by atoms with E-state index >= 15 is 0 Å². The number of methoxy groups -OCH3 is 2. The Hall–Kier alpha value is -3.02. The number of sulfonamides is 1. The molecule has 136 valence electrons. The minimum Gasteiger partial charge on any atom is -0.497 e. The van der Waals surface area contributed by atoms with E-state index in [0.717, 1.165) is 0 Å². The molecule has 0 saturated heterocycles. The van der Waals surface area contributed by atoms with Crippen LogP contribution < -0.4 is 19.5 Å². The normalized spacial score (nSPS) is 10.7. The quantitative estimate of drug-likeness (QED) is 0.722. The molecular weight excluding hydrogens is 356 g/mol. The number of carbonyl (C=O) groups excluding carboxylic acids is 1. The molecule has 0 saturated carbocycles. The third kappa shape index (κ3) is 4.53. The summed E-state index contributed by atoms with van der Waals surface area (Å²) < 4.78 is 36.5. The first-order valence-corrected chi connectivity index (χ1v) is 8.96. The van der Waals surface area contributed by atoms with Crippen molar-refractivity contribution in [3.05, 3.63) is 48.0 Å². The monoisotopic (exact) mass is 374 g/mol. The number of amides is 1. The predicted octanol–water partition coefficient (Wildman–Crippen LogP) is 1.87. The minimum absolute atomic E-state index is 0.0169. The standard InChI is InChI=1S/C18H18N2O5S/c1-4-11-19-26(22,23)15-8-5-13(6-9-15)18(21)20-16-12-14(24-2)7-10-17(16)25-3/h1,5-10,12,19H,11H2,2-3H3,(H,20,21). The Labute approximate surface area is 152 Å². The number of benzene rings is 2. The number of hydrogen-bond donors (Lipinski definition) is 2. The second kappa shape index (κ2) is 8.38. The molecule has 0 aliphatic heterocycles. The fraction of sp³-hybridized carbons (Fsp3) is 0.167. The van der Waals surface area contributed by atoms with Crippen LogP contribution in [0.15, 0.2) is 47.4 Å². The van der Waals surface area contributed by atoms with Gasteiger partial charge in [0.2, 0.25) is 10.0 Å². The highest BCUT2D eigenvalue weighted by Crippen LogP contribution is 2.29. The minimum atomic E-state index is -3.70. The highest BCUT2D eigenvalue weighted by Gasteiger charge is 2.15. The Bertz CT molecular complexity index is 931. The maximum Gasteiger partial charge on any atom is 0.255 e. The molecule has 1 amide bonds. The van der Waals surface area contributed by atoms with Gasteiger partial charge in [-0.15, -0.1) is 6.42 Å². The molecule has 7 nitrogen and oxygen atoms in total. The summed E-state index contributed by atoms with van der Waals surface area (Å²) in [4.78, 5) is 12.4. The van der Waals surface area contributed by atoms with Gasteiger partial charge in [0.05, 0.1) is 31.3 Å². The number of terminal acetylenes is 1. The van der Waals surface area contributed by atoms with E-state index in [9.17, 15) is 13.2 Å². The van der Waals surface area contributed by atoms with Crippen LogP contribution in [0.25, 0.3) is 0 Å². The lowest BCUT2D eigenvalue weighted by Crippen LogP contribution is -2.24. The molecule has 2 aromatic carbocycles. The molecule has 0 fully saturated rings. The molecule has 8 heteroatoms. The van der Waals surface area contributed by atoms with Crippen molar-refractivity contribution >= 4 is 21.6 Å². The number of ether oxygens (including phenoxy) is 2. The number of anilines is 1. The van der Waals surface area contributed by atoms with Gasteiger partial charge in [-0.3, -0.25) is 4.79 Å². The van der Waals surface area contributed by atoms with Crippen molar-refractivity contribution in [2.45, 2.75) is 4.90 Å². The molecule has 0 unspecified atom stereocenters. The Balaban J connectivity index is 2.20. The van der Waals surface area contributed by atoms with Crippen LogP contribution in [0.5, 0.6) is 11.5 Å². The van der Waals surface area contributed by atoms with Crippen molar-refractivity contribution in [3.63, 3.8) is 0 Å². The molecule has 0 atom stereocenters. The van der Waals surface area contributed by atoms with Crippen LogP contribution in [0.1, 0.15) is 10.4 Å². The van der Waals surface area contributed by atoms with Gasteiger partial charge in [0.1, 0.15) is 11.5 Å². The maximum absolute atomic E-state index is 12.4. The van der Waals surface area contributed by atoms with E-state index < -0.39 is 15.9 Å². The van der Waals surface area contributed by atoms with Crippen LogP contribution in [-0.2, 0) is 10.0 Å². The van der Waals surface area contributed by atoms with Crippen molar-refractivity contribution in [1.82, 2.24) is 4.72 Å². The molecule has 0 aliphatic rings. The first kappa shape index (κ1) is 19.3. The first-order valence-electron chi connectivity index (χ1n) is 7.48. The number of rotatable bonds is 7. The maximum atomic E-state index is 12.4. The average molecular weight is 374 g/mol. The predicted molar refractivity (Wildman–Crippen MR) is 98.0 cm³/mol. The molecule has 0 aliphatic carbocycles. The summed E-state index contributed by atoms with van der Waals surface area (Å²) in [5, 5.41) is 2.71. The fourth-order valence-corrected chi connectivity index (χ4v) is 3.05. The van der Waals surface area contributed by atoms with Crippen molar-refractivity contribution in [2.75, 3.05) is 26.1 Å². The van der Waals surface area contributed by atoms with Crippen molar-refractivity contribution in [2.24, 2.45) is 0 Å². The summed E-state index contributed by atoms with van der Waals surface area (Å²) in [6.07, 6.45) is 5.05. The summed E-state index contributed by atoms with van der Waals surface area (Å²) in [6.45, 7) is -0.111. The molecule has 0 spiro atoms. The molecule has 26 heavy (non-hydrogen) atoms. The SMILES string of the molecule is C#CCNS(=O)(=O)c1ccc(C(=O)Nc2cc(OC)ccc2OC)cc1. The van der Waals surface area contributed by atoms with E-state index in [4.69, 9.17) is 15.9 Å². The number of nitrogens with one attached hydrogen (secondary N) is 2. The van der Waals surface area contributed by atoms with Gasteiger partial charge in [-0.2, -0.15) is 4.72 Å². The molecule has 0 heterocycles. The summed E-state index contributed by atoms with van der Waals surface area (Å²) >= 11 is 0. The third-order valence-electron chi connectivity index (χ3n) is 3.45. The Morgan fingerprint density at radius 3 is 2.38 bits per heavy atom. The lowest BCUT2D eigenvalue weighted by molar-refractivity contribution is 0.102. The zero-order valence-corrected chi connectivity index (χ0v) is 15.1. The van der Waals surface area contributed by atoms with Gasteiger partial charge in [0.25, 0.3) is 5.91 Å². The van der Waals surface area contributed by atoms with Crippen LogP contribution in [0.3, 0.4) is 0 Å². The van der Waals surface area contributed by atoms with E-state index in [-0.39, 0.29) is 17.0 Å². The topological polar surface area (TPSA) is 93.7 Å². The lowest BCUT2D eigenvalue weighted by atomic mass is 10.2. The van der Waals surface area contributed by atoms with Crippen molar-refractivity contribution in [3.8, 4) is 23.8 Å². The third-order valence-corrected chi connectivity index (χ3v) is 4.86. The van der Waals surface area contributed by atoms with Crippen LogP contribution in [-0.4, -0.2) is 35.1 Å². The lowest BCUT2D eigenvalue weighted by Gasteiger charge is -2.12. The smallest absolute Gasteiger partial charge is 0.255 e. The van der Waals surface area contributed by atoms with Crippen LogP contribution in [0.4, 0.5) is 5.69 Å². The first-order chi connectivity index (χ1) is 12.4. The Kier molecular flexibility index (Phi) is 6.22. The molecule has 2 rings (SSSR count). The van der Waals surface area contributed by atoms with Gasteiger partial charge >= 0.3 is 0 Å². The van der Waals surface area contributed by atoms with Gasteiger partial charge in [0, 0.05) is 11.6 Å².